The van der Waals surface area contributed by atoms with Gasteiger partial charge in [-0.1, -0.05) is 0 Å². The number of hydrogen-bond acceptors (Lipinski definition) is 5. The van der Waals surface area contributed by atoms with Gasteiger partial charge in [-0.05, 0) is 25.5 Å². The van der Waals surface area contributed by atoms with E-state index in [-0.39, 0.29) is 16.9 Å². The maximum absolute atomic E-state index is 12.4. The van der Waals surface area contributed by atoms with Crippen LogP contribution in [0.4, 0.5) is 4.79 Å². The molecule has 3 rings (SSSR count). The fraction of sp³-hybridized carbons (Fsp3) is 0.786. The highest BCUT2D eigenvalue weighted by atomic mass is 32.2. The van der Waals surface area contributed by atoms with E-state index in [2.05, 4.69) is 22.4 Å². The lowest BCUT2D eigenvalue weighted by Crippen LogP contribution is -2.49. The molecule has 22 heavy (non-hydrogen) atoms. The topological polar surface area (TPSA) is 72.3 Å². The fourth-order valence-electron chi connectivity index (χ4n) is 2.92. The van der Waals surface area contributed by atoms with Gasteiger partial charge in [0.2, 0.25) is 0 Å². The number of hydrogen-bond donors (Lipinski definition) is 1. The Morgan fingerprint density at radius 2 is 2.50 bits per heavy atom. The summed E-state index contributed by atoms with van der Waals surface area (Å²) in [5, 5.41) is 11.0. The average molecular weight is 325 g/mol. The molecule has 3 heterocycles. The first-order chi connectivity index (χ1) is 10.6. The molecule has 0 radical (unpaired) electrons. The number of carbonyl (C=O) groups is 1. The van der Waals surface area contributed by atoms with Crippen LogP contribution >= 0.6 is 11.8 Å². The molecule has 0 aliphatic carbocycles. The van der Waals surface area contributed by atoms with Crippen molar-refractivity contribution in [3.05, 3.63) is 12.2 Å². The minimum Gasteiger partial charge on any atom is -0.366 e. The van der Waals surface area contributed by atoms with Gasteiger partial charge in [-0.3, -0.25) is 0 Å². The Labute approximate surface area is 134 Å². The number of nitrogens with one attached hydrogen (secondary N) is 1. The van der Waals surface area contributed by atoms with Crippen molar-refractivity contribution >= 4 is 17.8 Å². The molecule has 122 valence electrons. The highest BCUT2D eigenvalue weighted by Gasteiger charge is 2.32. The van der Waals surface area contributed by atoms with Gasteiger partial charge in [0.15, 0.2) is 5.82 Å². The third kappa shape index (κ3) is 3.38. The van der Waals surface area contributed by atoms with E-state index in [1.165, 1.54) is 18.6 Å². The second-order valence-corrected chi connectivity index (χ2v) is 7.85. The summed E-state index contributed by atoms with van der Waals surface area (Å²) in [6.45, 7) is 4.61. The Morgan fingerprint density at radius 3 is 3.18 bits per heavy atom. The zero-order chi connectivity index (χ0) is 15.6. The highest BCUT2D eigenvalue weighted by molar-refractivity contribution is 8.00. The number of rotatable bonds is 3. The van der Waals surface area contributed by atoms with Crippen LogP contribution in [0.25, 0.3) is 0 Å². The number of nitrogens with zero attached hydrogens (tertiary/aromatic N) is 4. The van der Waals surface area contributed by atoms with Gasteiger partial charge in [0, 0.05) is 24.9 Å². The molecule has 0 bridgehead atoms. The Hall–Kier alpha value is -1.28. The number of amides is 2. The van der Waals surface area contributed by atoms with Gasteiger partial charge in [-0.25, -0.2) is 4.79 Å². The van der Waals surface area contributed by atoms with Crippen LogP contribution in [0.2, 0.25) is 0 Å². The van der Waals surface area contributed by atoms with Crippen LogP contribution in [-0.4, -0.2) is 62.4 Å². The highest BCUT2D eigenvalue weighted by Crippen LogP contribution is 2.37. The van der Waals surface area contributed by atoms with E-state index in [4.69, 9.17) is 4.74 Å². The summed E-state index contributed by atoms with van der Waals surface area (Å²) in [7, 11) is 1.88. The van der Waals surface area contributed by atoms with Crippen molar-refractivity contribution in [3.63, 3.8) is 0 Å². The van der Waals surface area contributed by atoms with Crippen LogP contribution in [-0.2, 0) is 11.8 Å². The fourth-order valence-corrected chi connectivity index (χ4v) is 4.17. The third-order valence-electron chi connectivity index (χ3n) is 4.30. The number of morpholine rings is 1. The van der Waals surface area contributed by atoms with E-state index >= 15 is 0 Å². The molecule has 0 saturated carbocycles. The molecule has 2 atom stereocenters. The van der Waals surface area contributed by atoms with Gasteiger partial charge >= 0.3 is 6.03 Å². The second-order valence-electron chi connectivity index (χ2n) is 6.17. The van der Waals surface area contributed by atoms with Gasteiger partial charge < -0.3 is 19.5 Å². The van der Waals surface area contributed by atoms with Crippen LogP contribution in [0.5, 0.6) is 0 Å². The molecular weight excluding hydrogens is 302 g/mol. The van der Waals surface area contributed by atoms with E-state index in [1.54, 1.807) is 6.33 Å². The summed E-state index contributed by atoms with van der Waals surface area (Å²) in [5.41, 5.74) is 0. The number of aryl methyl sites for hydroxylation is 1. The number of ether oxygens (including phenoxy) is 1. The van der Waals surface area contributed by atoms with Crippen molar-refractivity contribution < 1.29 is 9.53 Å². The largest absolute Gasteiger partial charge is 0.366 e. The monoisotopic (exact) mass is 325 g/mol. The van der Waals surface area contributed by atoms with Gasteiger partial charge in [0.05, 0.1) is 13.2 Å². The first kappa shape index (κ1) is 15.6. The summed E-state index contributed by atoms with van der Waals surface area (Å²) in [6.07, 6.45) is 3.85. The van der Waals surface area contributed by atoms with Crippen LogP contribution < -0.4 is 5.32 Å². The smallest absolute Gasteiger partial charge is 0.317 e. The van der Waals surface area contributed by atoms with Crippen molar-refractivity contribution in [1.82, 2.24) is 25.0 Å². The standard InChI is InChI=1S/C14H23N5O2S/c1-14(4-3-7-22-14)9-15-13(20)19-5-6-21-11(8-19)12-17-16-10-18(12)2/h10-11H,3-9H2,1-2H3,(H,15,20). The lowest BCUT2D eigenvalue weighted by atomic mass is 10.1. The zero-order valence-electron chi connectivity index (χ0n) is 13.1. The predicted molar refractivity (Wildman–Crippen MR) is 84.8 cm³/mol. The molecule has 7 nitrogen and oxygen atoms in total. The van der Waals surface area contributed by atoms with Crippen molar-refractivity contribution in [1.29, 1.82) is 0 Å². The summed E-state index contributed by atoms with van der Waals surface area (Å²) in [4.78, 5) is 14.2. The summed E-state index contributed by atoms with van der Waals surface area (Å²) in [6, 6.07) is -0.0100. The summed E-state index contributed by atoms with van der Waals surface area (Å²) < 4.78 is 7.75. The predicted octanol–water partition coefficient (Wildman–Crippen LogP) is 1.18. The van der Waals surface area contributed by atoms with Crippen LogP contribution in [0.3, 0.4) is 0 Å². The van der Waals surface area contributed by atoms with Crippen molar-refractivity contribution in [2.45, 2.75) is 30.6 Å². The van der Waals surface area contributed by atoms with Gasteiger partial charge in [-0.15, -0.1) is 10.2 Å². The summed E-state index contributed by atoms with van der Waals surface area (Å²) >= 11 is 1.95. The number of carbonyl (C=O) groups excluding carboxylic acids is 1. The lowest BCUT2D eigenvalue weighted by molar-refractivity contribution is -0.0214. The SMILES string of the molecule is Cn1cnnc1C1CN(C(=O)NCC2(C)CCCS2)CCO1. The molecule has 1 aromatic rings. The minimum absolute atomic E-state index is 0.0100. The Kier molecular flexibility index (Phi) is 4.58. The third-order valence-corrected chi connectivity index (χ3v) is 5.84. The van der Waals surface area contributed by atoms with Crippen LogP contribution in [0.15, 0.2) is 6.33 Å². The normalized spacial score (nSPS) is 28.8. The maximum Gasteiger partial charge on any atom is 0.317 e. The molecule has 2 aliphatic rings. The van der Waals surface area contributed by atoms with Crippen molar-refractivity contribution in [3.8, 4) is 0 Å². The zero-order valence-corrected chi connectivity index (χ0v) is 13.9. The molecule has 2 amide bonds. The minimum atomic E-state index is -0.205. The van der Waals surface area contributed by atoms with Crippen LogP contribution in [0.1, 0.15) is 31.7 Å². The van der Waals surface area contributed by atoms with E-state index in [0.717, 1.165) is 12.4 Å². The molecule has 8 heteroatoms. The molecular formula is C14H23N5O2S. The van der Waals surface area contributed by atoms with E-state index in [1.807, 2.05) is 28.3 Å². The van der Waals surface area contributed by atoms with E-state index < -0.39 is 0 Å². The van der Waals surface area contributed by atoms with Gasteiger partial charge in [-0.2, -0.15) is 11.8 Å². The van der Waals surface area contributed by atoms with Crippen molar-refractivity contribution in [2.24, 2.45) is 7.05 Å². The second kappa shape index (κ2) is 6.45. The molecule has 2 fully saturated rings. The molecule has 2 unspecified atom stereocenters. The lowest BCUT2D eigenvalue weighted by Gasteiger charge is -2.33. The molecule has 1 N–H and O–H groups in total. The first-order valence-electron chi connectivity index (χ1n) is 7.70. The molecule has 1 aromatic heterocycles. The van der Waals surface area contributed by atoms with E-state index in [9.17, 15) is 4.79 Å². The molecule has 0 aromatic carbocycles. The van der Waals surface area contributed by atoms with Gasteiger partial charge in [0.1, 0.15) is 12.4 Å². The quantitative estimate of drug-likeness (QED) is 0.903. The van der Waals surface area contributed by atoms with Crippen LogP contribution in [0, 0.1) is 0 Å². The van der Waals surface area contributed by atoms with Gasteiger partial charge in [0.25, 0.3) is 0 Å². The summed E-state index contributed by atoms with van der Waals surface area (Å²) in [5.74, 6) is 1.95. The first-order valence-corrected chi connectivity index (χ1v) is 8.68. The Bertz CT molecular complexity index is 529. The van der Waals surface area contributed by atoms with Crippen molar-refractivity contribution in [2.75, 3.05) is 32.0 Å². The number of urea groups is 1. The number of aromatic nitrogens is 3. The average Bonchev–Trinajstić information content (AvgIpc) is 3.14. The Morgan fingerprint density at radius 1 is 1.64 bits per heavy atom. The molecule has 2 aliphatic heterocycles. The molecule has 2 saturated heterocycles. The number of thioether (sulfide) groups is 1. The van der Waals surface area contributed by atoms with E-state index in [0.29, 0.717) is 19.7 Å². The molecule has 0 spiro atoms. The maximum atomic E-state index is 12.4. The Balaban J connectivity index is 1.55.